The predicted octanol–water partition coefficient (Wildman–Crippen LogP) is 3.94. The van der Waals surface area contributed by atoms with Gasteiger partial charge in [-0.3, -0.25) is 4.79 Å². The van der Waals surface area contributed by atoms with Crippen LogP contribution in [0, 0.1) is 0 Å². The number of anilines is 1. The van der Waals surface area contributed by atoms with Crippen LogP contribution in [0.15, 0.2) is 72.1 Å². The van der Waals surface area contributed by atoms with Gasteiger partial charge in [0.15, 0.2) is 5.16 Å². The van der Waals surface area contributed by atoms with Gasteiger partial charge in [0.05, 0.1) is 5.75 Å². The number of hydrogen-bond acceptors (Lipinski definition) is 4. The highest BCUT2D eigenvalue weighted by molar-refractivity contribution is 7.99. The summed E-state index contributed by atoms with van der Waals surface area (Å²) < 4.78 is 7.65. The molecule has 2 aromatic carbocycles. The van der Waals surface area contributed by atoms with Crippen molar-refractivity contribution >= 4 is 23.4 Å². The number of amides is 1. The number of nitrogens with zero attached hydrogens (tertiary/aromatic N) is 2. The van der Waals surface area contributed by atoms with Gasteiger partial charge in [-0.2, -0.15) is 0 Å². The topological polar surface area (TPSA) is 56.2 Å². The Balaban J connectivity index is 1.58. The third-order valence-electron chi connectivity index (χ3n) is 3.21. The Kier molecular flexibility index (Phi) is 5.18. The van der Waals surface area contributed by atoms with E-state index in [-0.39, 0.29) is 5.91 Å². The summed E-state index contributed by atoms with van der Waals surface area (Å²) in [6.07, 6.45) is 3.56. The van der Waals surface area contributed by atoms with Crippen LogP contribution in [0.2, 0.25) is 0 Å². The van der Waals surface area contributed by atoms with Crippen LogP contribution in [0.1, 0.15) is 0 Å². The van der Waals surface area contributed by atoms with Crippen molar-refractivity contribution in [3.05, 3.63) is 67.0 Å². The van der Waals surface area contributed by atoms with Gasteiger partial charge < -0.3 is 14.6 Å². The summed E-state index contributed by atoms with van der Waals surface area (Å²) in [6, 6.07) is 16.9. The Labute approximate surface area is 144 Å². The molecule has 0 unspecified atom stereocenters. The van der Waals surface area contributed by atoms with Gasteiger partial charge >= 0.3 is 0 Å². The summed E-state index contributed by atoms with van der Waals surface area (Å²) in [7, 11) is 1.90. The molecule has 0 spiro atoms. The number of rotatable bonds is 6. The molecule has 3 rings (SSSR count). The largest absolute Gasteiger partial charge is 0.457 e. The van der Waals surface area contributed by atoms with Crippen LogP contribution >= 0.6 is 11.8 Å². The van der Waals surface area contributed by atoms with E-state index in [9.17, 15) is 4.79 Å². The van der Waals surface area contributed by atoms with Crippen molar-refractivity contribution in [2.24, 2.45) is 7.05 Å². The number of benzene rings is 2. The van der Waals surface area contributed by atoms with Crippen molar-refractivity contribution in [2.75, 3.05) is 11.1 Å². The first-order valence-corrected chi connectivity index (χ1v) is 8.42. The molecule has 1 heterocycles. The zero-order valence-corrected chi connectivity index (χ0v) is 14.0. The Bertz CT molecular complexity index is 818. The molecule has 0 aliphatic rings. The van der Waals surface area contributed by atoms with Crippen LogP contribution < -0.4 is 10.1 Å². The van der Waals surface area contributed by atoms with Crippen LogP contribution in [0.3, 0.4) is 0 Å². The molecule has 5 nitrogen and oxygen atoms in total. The number of para-hydroxylation sites is 1. The third-order valence-corrected chi connectivity index (χ3v) is 4.26. The van der Waals surface area contributed by atoms with Crippen molar-refractivity contribution in [1.29, 1.82) is 0 Å². The molecule has 1 aromatic heterocycles. The quantitative estimate of drug-likeness (QED) is 0.691. The number of aromatic nitrogens is 2. The smallest absolute Gasteiger partial charge is 0.234 e. The van der Waals surface area contributed by atoms with E-state index in [1.165, 1.54) is 11.8 Å². The Morgan fingerprint density at radius 2 is 1.96 bits per heavy atom. The monoisotopic (exact) mass is 339 g/mol. The number of carbonyl (C=O) groups excluding carboxylic acids is 1. The maximum atomic E-state index is 12.1. The average molecular weight is 339 g/mol. The van der Waals surface area contributed by atoms with Gasteiger partial charge in [0, 0.05) is 31.2 Å². The fraction of sp³-hybridized carbons (Fsp3) is 0.111. The number of imidazole rings is 1. The molecule has 1 N–H and O–H groups in total. The molecule has 0 fully saturated rings. The Morgan fingerprint density at radius 1 is 1.17 bits per heavy atom. The molecule has 0 atom stereocenters. The van der Waals surface area contributed by atoms with Crippen LogP contribution in [-0.4, -0.2) is 21.2 Å². The molecule has 0 aliphatic carbocycles. The summed E-state index contributed by atoms with van der Waals surface area (Å²) in [4.78, 5) is 16.3. The molecule has 0 bridgehead atoms. The highest BCUT2D eigenvalue weighted by Gasteiger charge is 2.07. The van der Waals surface area contributed by atoms with Crippen molar-refractivity contribution in [3.8, 4) is 11.5 Å². The summed E-state index contributed by atoms with van der Waals surface area (Å²) in [5.41, 5.74) is 0.703. The van der Waals surface area contributed by atoms with Gasteiger partial charge in [0.1, 0.15) is 11.5 Å². The zero-order valence-electron chi connectivity index (χ0n) is 13.2. The van der Waals surface area contributed by atoms with E-state index in [2.05, 4.69) is 10.3 Å². The van der Waals surface area contributed by atoms with Crippen LogP contribution in [0.5, 0.6) is 11.5 Å². The first-order chi connectivity index (χ1) is 11.7. The molecule has 24 heavy (non-hydrogen) atoms. The van der Waals surface area contributed by atoms with Crippen molar-refractivity contribution < 1.29 is 9.53 Å². The molecule has 122 valence electrons. The fourth-order valence-electron chi connectivity index (χ4n) is 2.08. The number of aryl methyl sites for hydroxylation is 1. The maximum absolute atomic E-state index is 12.1. The second-order valence-electron chi connectivity index (χ2n) is 5.10. The third kappa shape index (κ3) is 4.39. The SMILES string of the molecule is Cn1ccnc1SCC(=O)Nc1cccc(Oc2ccccc2)c1. The van der Waals surface area contributed by atoms with Crippen LogP contribution in [-0.2, 0) is 11.8 Å². The van der Waals surface area contributed by atoms with Gasteiger partial charge in [0.25, 0.3) is 0 Å². The number of hydrogen-bond donors (Lipinski definition) is 1. The molecular weight excluding hydrogens is 322 g/mol. The highest BCUT2D eigenvalue weighted by atomic mass is 32.2. The summed E-state index contributed by atoms with van der Waals surface area (Å²) >= 11 is 1.40. The van der Waals surface area contributed by atoms with Crippen molar-refractivity contribution in [1.82, 2.24) is 9.55 Å². The number of ether oxygens (including phenoxy) is 1. The zero-order chi connectivity index (χ0) is 16.8. The standard InChI is InChI=1S/C18H17N3O2S/c1-21-11-10-19-18(21)24-13-17(22)20-14-6-5-9-16(12-14)23-15-7-3-2-4-8-15/h2-12H,13H2,1H3,(H,20,22). The lowest BCUT2D eigenvalue weighted by Gasteiger charge is -2.09. The average Bonchev–Trinajstić information content (AvgIpc) is 2.99. The van der Waals surface area contributed by atoms with Crippen LogP contribution in [0.4, 0.5) is 5.69 Å². The van der Waals surface area contributed by atoms with E-state index in [4.69, 9.17) is 4.74 Å². The molecule has 6 heteroatoms. The first kappa shape index (κ1) is 16.1. The van der Waals surface area contributed by atoms with Gasteiger partial charge in [-0.25, -0.2) is 4.98 Å². The second kappa shape index (κ2) is 7.70. The van der Waals surface area contributed by atoms with E-state index in [1.807, 2.05) is 66.3 Å². The van der Waals surface area contributed by atoms with E-state index < -0.39 is 0 Å². The van der Waals surface area contributed by atoms with Gasteiger partial charge in [-0.15, -0.1) is 0 Å². The summed E-state index contributed by atoms with van der Waals surface area (Å²) in [5, 5.41) is 3.68. The molecule has 0 aliphatic heterocycles. The molecule has 1 amide bonds. The Morgan fingerprint density at radius 3 is 2.71 bits per heavy atom. The molecule has 0 saturated carbocycles. The minimum absolute atomic E-state index is 0.0835. The van der Waals surface area contributed by atoms with E-state index in [0.717, 1.165) is 10.9 Å². The molecular formula is C18H17N3O2S. The molecule has 0 radical (unpaired) electrons. The fourth-order valence-corrected chi connectivity index (χ4v) is 2.81. The van der Waals surface area contributed by atoms with Crippen molar-refractivity contribution in [3.63, 3.8) is 0 Å². The van der Waals surface area contributed by atoms with Gasteiger partial charge in [-0.1, -0.05) is 36.0 Å². The first-order valence-electron chi connectivity index (χ1n) is 7.43. The minimum atomic E-state index is -0.0835. The predicted molar refractivity (Wildman–Crippen MR) is 95.5 cm³/mol. The van der Waals surface area contributed by atoms with E-state index in [1.54, 1.807) is 12.3 Å². The van der Waals surface area contributed by atoms with Gasteiger partial charge in [0.2, 0.25) is 5.91 Å². The normalized spacial score (nSPS) is 10.4. The Hall–Kier alpha value is -2.73. The summed E-state index contributed by atoms with van der Waals surface area (Å²) in [5.74, 6) is 1.65. The molecule has 3 aromatic rings. The van der Waals surface area contributed by atoms with Crippen LogP contribution in [0.25, 0.3) is 0 Å². The second-order valence-corrected chi connectivity index (χ2v) is 6.04. The summed E-state index contributed by atoms with van der Waals surface area (Å²) in [6.45, 7) is 0. The lowest BCUT2D eigenvalue weighted by molar-refractivity contribution is -0.113. The lowest BCUT2D eigenvalue weighted by atomic mass is 10.3. The number of carbonyl (C=O) groups is 1. The maximum Gasteiger partial charge on any atom is 0.234 e. The number of nitrogens with one attached hydrogen (secondary N) is 1. The molecule has 0 saturated heterocycles. The lowest BCUT2D eigenvalue weighted by Crippen LogP contribution is -2.14. The van der Waals surface area contributed by atoms with E-state index >= 15 is 0 Å². The number of thioether (sulfide) groups is 1. The van der Waals surface area contributed by atoms with Crippen molar-refractivity contribution in [2.45, 2.75) is 5.16 Å². The minimum Gasteiger partial charge on any atom is -0.457 e. The highest BCUT2D eigenvalue weighted by Crippen LogP contribution is 2.24. The van der Waals surface area contributed by atoms with E-state index in [0.29, 0.717) is 17.2 Å². The van der Waals surface area contributed by atoms with Gasteiger partial charge in [-0.05, 0) is 24.3 Å².